The number of nitro benzene ring substituents is 1. The molecule has 0 saturated heterocycles. The minimum Gasteiger partial charge on any atom is -0.495 e. The van der Waals surface area contributed by atoms with E-state index in [1.165, 1.54) is 24.1 Å². The molecule has 11 nitrogen and oxygen atoms in total. The van der Waals surface area contributed by atoms with Gasteiger partial charge in [0, 0.05) is 36.2 Å². The lowest BCUT2D eigenvalue weighted by Crippen LogP contribution is -2.54. The van der Waals surface area contributed by atoms with Crippen molar-refractivity contribution in [1.82, 2.24) is 10.2 Å². The molecule has 1 fully saturated rings. The molecule has 3 aromatic carbocycles. The topological polar surface area (TPSA) is 139 Å². The third-order valence-electron chi connectivity index (χ3n) is 7.54. The Morgan fingerprint density at radius 3 is 2.34 bits per heavy atom. The molecule has 0 heterocycles. The summed E-state index contributed by atoms with van der Waals surface area (Å²) in [6.45, 7) is -0.780. The van der Waals surface area contributed by atoms with Crippen LogP contribution in [0.1, 0.15) is 36.8 Å². The molecule has 0 radical (unpaired) electrons. The van der Waals surface area contributed by atoms with E-state index in [-0.39, 0.29) is 42.0 Å². The van der Waals surface area contributed by atoms with Crippen LogP contribution in [0.15, 0.2) is 72.8 Å². The highest BCUT2D eigenvalue weighted by Crippen LogP contribution is 2.34. The normalized spacial score (nSPS) is 14.1. The molecule has 0 unspecified atom stereocenters. The number of sulfonamides is 1. The molecule has 0 bridgehead atoms. The number of amides is 2. The Balaban J connectivity index is 1.78. The van der Waals surface area contributed by atoms with Gasteiger partial charge < -0.3 is 15.0 Å². The fraction of sp³-hybridized carbons (Fsp3) is 0.355. The van der Waals surface area contributed by atoms with Gasteiger partial charge >= 0.3 is 0 Å². The third kappa shape index (κ3) is 8.48. The van der Waals surface area contributed by atoms with E-state index in [4.69, 9.17) is 16.3 Å². The standard InChI is InChI=1S/C31H35ClN4O7S/c1-43-29-16-15-26(36(39)40)19-27(29)35(44(2,41)42)21-30(37)34(20-23-11-8-12-24(32)17-23)28(18-22-9-4-3-5-10-22)31(38)33-25-13-6-7-14-25/h3-5,8-12,15-17,19,25,28H,6-7,13-14,18,20-21H2,1-2H3,(H,33,38)/t28-/m0/s1. The predicted octanol–water partition coefficient (Wildman–Crippen LogP) is 4.72. The molecular weight excluding hydrogens is 608 g/mol. The van der Waals surface area contributed by atoms with Crippen LogP contribution in [-0.2, 0) is 32.6 Å². The lowest BCUT2D eigenvalue weighted by Gasteiger charge is -2.34. The number of nitrogens with zero attached hydrogens (tertiary/aromatic N) is 3. The van der Waals surface area contributed by atoms with E-state index in [0.29, 0.717) is 10.6 Å². The highest BCUT2D eigenvalue weighted by atomic mass is 35.5. The predicted molar refractivity (Wildman–Crippen MR) is 168 cm³/mol. The zero-order chi connectivity index (χ0) is 31.9. The molecule has 0 aliphatic heterocycles. The zero-order valence-corrected chi connectivity index (χ0v) is 26.1. The Hall–Kier alpha value is -4.16. The van der Waals surface area contributed by atoms with Crippen LogP contribution in [0.2, 0.25) is 5.02 Å². The van der Waals surface area contributed by atoms with Crippen molar-refractivity contribution in [2.75, 3.05) is 24.2 Å². The van der Waals surface area contributed by atoms with Crippen molar-refractivity contribution in [2.24, 2.45) is 0 Å². The summed E-state index contributed by atoms with van der Waals surface area (Å²) >= 11 is 6.25. The molecule has 0 aromatic heterocycles. The summed E-state index contributed by atoms with van der Waals surface area (Å²) in [5.41, 5.74) is 0.894. The number of rotatable bonds is 13. The number of non-ortho nitro benzene ring substituents is 1. The highest BCUT2D eigenvalue weighted by molar-refractivity contribution is 7.92. The summed E-state index contributed by atoms with van der Waals surface area (Å²) in [6, 6.07) is 18.6. The number of carbonyl (C=O) groups is 2. The van der Waals surface area contributed by atoms with Gasteiger partial charge in [-0.1, -0.05) is 66.9 Å². The Morgan fingerprint density at radius 2 is 1.73 bits per heavy atom. The summed E-state index contributed by atoms with van der Waals surface area (Å²) in [4.78, 5) is 40.4. The lowest BCUT2D eigenvalue weighted by atomic mass is 10.0. The van der Waals surface area contributed by atoms with Crippen molar-refractivity contribution in [3.63, 3.8) is 0 Å². The van der Waals surface area contributed by atoms with E-state index in [1.807, 2.05) is 30.3 Å². The van der Waals surface area contributed by atoms with Gasteiger partial charge in [-0.15, -0.1) is 0 Å². The van der Waals surface area contributed by atoms with Crippen LogP contribution in [0.4, 0.5) is 11.4 Å². The summed E-state index contributed by atoms with van der Waals surface area (Å²) in [6.07, 6.45) is 4.72. The van der Waals surface area contributed by atoms with E-state index in [0.717, 1.165) is 47.9 Å². The van der Waals surface area contributed by atoms with Gasteiger partial charge in [-0.2, -0.15) is 0 Å². The fourth-order valence-corrected chi connectivity index (χ4v) is 6.39. The Kier molecular flexibility index (Phi) is 10.8. The molecule has 44 heavy (non-hydrogen) atoms. The number of hydrogen-bond acceptors (Lipinski definition) is 7. The molecule has 4 rings (SSSR count). The van der Waals surface area contributed by atoms with Gasteiger partial charge in [0.2, 0.25) is 21.8 Å². The average molecular weight is 643 g/mol. The zero-order valence-electron chi connectivity index (χ0n) is 24.5. The number of carbonyl (C=O) groups excluding carboxylic acids is 2. The quantitative estimate of drug-likeness (QED) is 0.210. The van der Waals surface area contributed by atoms with Crippen LogP contribution in [-0.4, -0.2) is 62.0 Å². The Labute approximate surface area is 262 Å². The number of hydrogen-bond donors (Lipinski definition) is 1. The molecule has 1 N–H and O–H groups in total. The molecule has 3 aromatic rings. The van der Waals surface area contributed by atoms with Crippen LogP contribution >= 0.6 is 11.6 Å². The molecule has 234 valence electrons. The van der Waals surface area contributed by atoms with Crippen LogP contribution < -0.4 is 14.4 Å². The van der Waals surface area contributed by atoms with Crippen molar-refractivity contribution < 1.29 is 27.7 Å². The van der Waals surface area contributed by atoms with Crippen molar-refractivity contribution in [3.8, 4) is 5.75 Å². The summed E-state index contributed by atoms with van der Waals surface area (Å²) in [5, 5.41) is 15.1. The monoisotopic (exact) mass is 642 g/mol. The first-order valence-electron chi connectivity index (χ1n) is 14.1. The maximum atomic E-state index is 14.3. The van der Waals surface area contributed by atoms with Crippen LogP contribution in [0.5, 0.6) is 5.75 Å². The number of nitrogens with one attached hydrogen (secondary N) is 1. The van der Waals surface area contributed by atoms with Crippen LogP contribution in [0.25, 0.3) is 0 Å². The van der Waals surface area contributed by atoms with Crippen molar-refractivity contribution >= 4 is 44.8 Å². The minimum atomic E-state index is -4.16. The molecule has 1 atom stereocenters. The molecule has 13 heteroatoms. The number of ether oxygens (including phenoxy) is 1. The van der Waals surface area contributed by atoms with Gasteiger partial charge in [0.1, 0.15) is 24.0 Å². The Morgan fingerprint density at radius 1 is 1.05 bits per heavy atom. The van der Waals surface area contributed by atoms with Crippen molar-refractivity contribution in [2.45, 2.75) is 50.7 Å². The van der Waals surface area contributed by atoms with E-state index in [1.54, 1.807) is 24.3 Å². The van der Waals surface area contributed by atoms with Crippen LogP contribution in [0, 0.1) is 10.1 Å². The maximum Gasteiger partial charge on any atom is 0.271 e. The lowest BCUT2D eigenvalue weighted by molar-refractivity contribution is -0.384. The number of benzene rings is 3. The van der Waals surface area contributed by atoms with E-state index in [9.17, 15) is 28.1 Å². The van der Waals surface area contributed by atoms with E-state index in [2.05, 4.69) is 5.32 Å². The van der Waals surface area contributed by atoms with Gasteiger partial charge in [-0.25, -0.2) is 8.42 Å². The maximum absolute atomic E-state index is 14.3. The second-order valence-corrected chi connectivity index (χ2v) is 13.1. The molecule has 0 spiro atoms. The number of nitro groups is 1. The molecule has 1 aliphatic rings. The summed E-state index contributed by atoms with van der Waals surface area (Å²) in [5.74, 6) is -1.02. The second kappa shape index (κ2) is 14.5. The van der Waals surface area contributed by atoms with Crippen molar-refractivity contribution in [3.05, 3.63) is 99.1 Å². The fourth-order valence-electron chi connectivity index (χ4n) is 5.34. The minimum absolute atomic E-state index is 0.0226. The third-order valence-corrected chi connectivity index (χ3v) is 8.90. The van der Waals surface area contributed by atoms with Gasteiger partial charge in [0.15, 0.2) is 0 Å². The molecule has 2 amide bonds. The Bertz CT molecular complexity index is 1600. The number of methoxy groups -OCH3 is 1. The van der Waals surface area contributed by atoms with Gasteiger partial charge in [0.05, 0.1) is 18.3 Å². The van der Waals surface area contributed by atoms with E-state index >= 15 is 0 Å². The molecular formula is C31H35ClN4O7S. The van der Waals surface area contributed by atoms with Gasteiger partial charge in [-0.3, -0.25) is 24.0 Å². The van der Waals surface area contributed by atoms with E-state index < -0.39 is 33.4 Å². The highest BCUT2D eigenvalue weighted by Gasteiger charge is 2.35. The van der Waals surface area contributed by atoms with Crippen molar-refractivity contribution in [1.29, 1.82) is 0 Å². The molecule has 1 aliphatic carbocycles. The summed E-state index contributed by atoms with van der Waals surface area (Å²) in [7, 11) is -2.87. The smallest absolute Gasteiger partial charge is 0.271 e. The second-order valence-electron chi connectivity index (χ2n) is 10.7. The number of halogens is 1. The summed E-state index contributed by atoms with van der Waals surface area (Å²) < 4.78 is 32.3. The number of anilines is 1. The largest absolute Gasteiger partial charge is 0.495 e. The van der Waals surface area contributed by atoms with Crippen LogP contribution in [0.3, 0.4) is 0 Å². The first-order valence-corrected chi connectivity index (χ1v) is 16.4. The molecule has 1 saturated carbocycles. The SMILES string of the molecule is COc1ccc([N+](=O)[O-])cc1N(CC(=O)N(Cc1cccc(Cl)c1)[C@@H](Cc1ccccc1)C(=O)NC1CCCC1)S(C)(=O)=O. The first kappa shape index (κ1) is 32.7. The average Bonchev–Trinajstić information content (AvgIpc) is 3.50. The van der Waals surface area contributed by atoms with Gasteiger partial charge in [0.25, 0.3) is 5.69 Å². The van der Waals surface area contributed by atoms with Gasteiger partial charge in [-0.05, 0) is 42.2 Å². The first-order chi connectivity index (χ1) is 21.0.